The van der Waals surface area contributed by atoms with Gasteiger partial charge in [0.2, 0.25) is 5.91 Å². The molecule has 0 radical (unpaired) electrons. The van der Waals surface area contributed by atoms with E-state index < -0.39 is 5.51 Å². The number of carbonyl (C=O) groups excluding carboxylic acids is 1. The lowest BCUT2D eigenvalue weighted by Gasteiger charge is -2.31. The number of hydrogen-bond donors (Lipinski definition) is 0. The van der Waals surface area contributed by atoms with Crippen LogP contribution in [0.5, 0.6) is 0 Å². The number of thiazole rings is 1. The number of rotatable bonds is 5. The summed E-state index contributed by atoms with van der Waals surface area (Å²) in [5.74, 6) is 0.294. The zero-order valence-electron chi connectivity index (χ0n) is 21.3. The van der Waals surface area contributed by atoms with Crippen LogP contribution >= 0.6 is 23.1 Å². The number of piperidine rings is 1. The first kappa shape index (κ1) is 26.7. The Kier molecular flexibility index (Phi) is 7.25. The van der Waals surface area contributed by atoms with E-state index in [1.807, 2.05) is 50.1 Å². The van der Waals surface area contributed by atoms with Crippen LogP contribution < -0.4 is 0 Å². The fourth-order valence-corrected chi connectivity index (χ4v) is 6.34. The summed E-state index contributed by atoms with van der Waals surface area (Å²) in [4.78, 5) is 29.3. The number of aromatic nitrogens is 4. The normalized spacial score (nSPS) is 15.4. The quantitative estimate of drug-likeness (QED) is 0.250. The lowest BCUT2D eigenvalue weighted by Crippen LogP contribution is -2.39. The first-order chi connectivity index (χ1) is 18.0. The maximum atomic E-state index is 13.1. The molecular formula is C27H28F3N5OS2. The Bertz CT molecular complexity index is 1450. The van der Waals surface area contributed by atoms with Gasteiger partial charge in [0.1, 0.15) is 17.1 Å². The molecule has 0 atom stereocenters. The minimum Gasteiger partial charge on any atom is -0.341 e. The first-order valence-electron chi connectivity index (χ1n) is 12.4. The fraction of sp³-hybridized carbons (Fsp3) is 0.407. The number of carbonyl (C=O) groups is 1. The smallest absolute Gasteiger partial charge is 0.341 e. The third-order valence-corrected chi connectivity index (χ3v) is 8.62. The van der Waals surface area contributed by atoms with Crippen molar-refractivity contribution in [3.05, 3.63) is 59.5 Å². The van der Waals surface area contributed by atoms with Gasteiger partial charge in [0.05, 0.1) is 6.33 Å². The molecule has 1 aromatic carbocycles. The van der Waals surface area contributed by atoms with Gasteiger partial charge >= 0.3 is 5.51 Å². The molecule has 1 fully saturated rings. The molecule has 200 valence electrons. The van der Waals surface area contributed by atoms with Gasteiger partial charge in [0, 0.05) is 40.8 Å². The SMILES string of the molecule is CC(C)(C)c1cc(SC(F)(F)F)cc(-c2ncc(C3CCN(C(=O)Cn4cnc5cccnc54)CC3)s2)c1. The van der Waals surface area contributed by atoms with Crippen LogP contribution in [0.4, 0.5) is 13.2 Å². The largest absolute Gasteiger partial charge is 0.446 e. The van der Waals surface area contributed by atoms with E-state index in [0.717, 1.165) is 28.8 Å². The van der Waals surface area contributed by atoms with Crippen LogP contribution in [0.1, 0.15) is 50.0 Å². The summed E-state index contributed by atoms with van der Waals surface area (Å²) < 4.78 is 41.2. The van der Waals surface area contributed by atoms with Crippen molar-refractivity contribution >= 4 is 40.2 Å². The molecule has 4 heterocycles. The molecule has 0 spiro atoms. The number of fused-ring (bicyclic) bond motifs is 1. The molecule has 4 aromatic rings. The van der Waals surface area contributed by atoms with Crippen molar-refractivity contribution in [2.24, 2.45) is 0 Å². The van der Waals surface area contributed by atoms with Crippen LogP contribution in [0, 0.1) is 0 Å². The molecule has 0 unspecified atom stereocenters. The summed E-state index contributed by atoms with van der Waals surface area (Å²) in [5.41, 5.74) is -1.65. The van der Waals surface area contributed by atoms with E-state index in [1.165, 1.54) is 11.3 Å². The highest BCUT2D eigenvalue weighted by Gasteiger charge is 2.31. The topological polar surface area (TPSA) is 63.9 Å². The van der Waals surface area contributed by atoms with Crippen LogP contribution in [0.25, 0.3) is 21.7 Å². The third kappa shape index (κ3) is 6.04. The fourth-order valence-electron chi connectivity index (χ4n) is 4.63. The molecule has 0 aliphatic carbocycles. The zero-order valence-corrected chi connectivity index (χ0v) is 23.0. The van der Waals surface area contributed by atoms with Crippen molar-refractivity contribution < 1.29 is 18.0 Å². The number of pyridine rings is 1. The van der Waals surface area contributed by atoms with Crippen molar-refractivity contribution in [3.8, 4) is 10.6 Å². The average Bonchev–Trinajstić information content (AvgIpc) is 3.50. The summed E-state index contributed by atoms with van der Waals surface area (Å²) in [5, 5.41) is 0.716. The summed E-state index contributed by atoms with van der Waals surface area (Å²) in [6.07, 6.45) is 6.80. The maximum Gasteiger partial charge on any atom is 0.446 e. The molecule has 38 heavy (non-hydrogen) atoms. The van der Waals surface area contributed by atoms with Gasteiger partial charge in [0.25, 0.3) is 0 Å². The Morgan fingerprint density at radius 1 is 1.11 bits per heavy atom. The Labute approximate surface area is 227 Å². The number of benzene rings is 1. The number of likely N-dealkylation sites (tertiary alicyclic amines) is 1. The van der Waals surface area contributed by atoms with E-state index in [9.17, 15) is 18.0 Å². The number of amides is 1. The Morgan fingerprint density at radius 3 is 2.58 bits per heavy atom. The van der Waals surface area contributed by atoms with E-state index in [4.69, 9.17) is 0 Å². The third-order valence-electron chi connectivity index (χ3n) is 6.71. The lowest BCUT2D eigenvalue weighted by atomic mass is 9.86. The highest BCUT2D eigenvalue weighted by atomic mass is 32.2. The van der Waals surface area contributed by atoms with Gasteiger partial charge < -0.3 is 9.47 Å². The average molecular weight is 560 g/mol. The number of hydrogen-bond acceptors (Lipinski definition) is 6. The van der Waals surface area contributed by atoms with Crippen LogP contribution in [-0.4, -0.2) is 48.9 Å². The Balaban J connectivity index is 1.26. The predicted octanol–water partition coefficient (Wildman–Crippen LogP) is 6.87. The molecular weight excluding hydrogens is 531 g/mol. The maximum absolute atomic E-state index is 13.1. The number of nitrogens with zero attached hydrogens (tertiary/aromatic N) is 5. The van der Waals surface area contributed by atoms with Crippen molar-refractivity contribution in [2.75, 3.05) is 13.1 Å². The minimum atomic E-state index is -4.35. The molecule has 0 bridgehead atoms. The van der Waals surface area contributed by atoms with Gasteiger partial charge in [-0.15, -0.1) is 11.3 Å². The second kappa shape index (κ2) is 10.3. The van der Waals surface area contributed by atoms with E-state index >= 15 is 0 Å². The van der Waals surface area contributed by atoms with E-state index in [2.05, 4.69) is 15.0 Å². The predicted molar refractivity (Wildman–Crippen MR) is 144 cm³/mol. The van der Waals surface area contributed by atoms with Crippen LogP contribution in [-0.2, 0) is 16.8 Å². The van der Waals surface area contributed by atoms with Crippen LogP contribution in [0.3, 0.4) is 0 Å². The summed E-state index contributed by atoms with van der Waals surface area (Å²) >= 11 is 1.44. The van der Waals surface area contributed by atoms with Crippen molar-refractivity contribution in [1.82, 2.24) is 24.4 Å². The Hall–Kier alpha value is -2.92. The van der Waals surface area contributed by atoms with Gasteiger partial charge in [-0.1, -0.05) is 20.8 Å². The number of thioether (sulfide) groups is 1. The molecule has 5 rings (SSSR count). The van der Waals surface area contributed by atoms with Gasteiger partial charge in [-0.05, 0) is 71.8 Å². The molecule has 0 N–H and O–H groups in total. The molecule has 3 aromatic heterocycles. The molecule has 6 nitrogen and oxygen atoms in total. The standard InChI is InChI=1S/C27H28F3N5OS2/c1-26(2,3)19-11-18(12-20(13-19)38-27(28,29)30)25-32-14-22(37-25)17-6-9-34(10-7-17)23(36)15-35-16-33-21-5-4-8-31-24(21)35/h4-5,8,11-14,16-17H,6-7,9-10,15H2,1-3H3. The van der Waals surface area contributed by atoms with Crippen molar-refractivity contribution in [1.29, 1.82) is 0 Å². The molecule has 1 amide bonds. The van der Waals surface area contributed by atoms with Crippen molar-refractivity contribution in [3.63, 3.8) is 0 Å². The molecule has 1 aliphatic heterocycles. The number of imidazole rings is 1. The number of alkyl halides is 3. The molecule has 0 saturated carbocycles. The van der Waals surface area contributed by atoms with Crippen molar-refractivity contribution in [2.45, 2.75) is 61.9 Å². The zero-order chi connectivity index (χ0) is 27.1. The van der Waals surface area contributed by atoms with E-state index in [-0.39, 0.29) is 40.4 Å². The summed E-state index contributed by atoms with van der Waals surface area (Å²) in [6.45, 7) is 7.45. The van der Waals surface area contributed by atoms with Crippen LogP contribution in [0.15, 0.2) is 53.9 Å². The monoisotopic (exact) mass is 559 g/mol. The van der Waals surface area contributed by atoms with Gasteiger partial charge in [-0.3, -0.25) is 4.79 Å². The lowest BCUT2D eigenvalue weighted by molar-refractivity contribution is -0.132. The number of halogens is 3. The second-order valence-corrected chi connectivity index (χ2v) is 12.7. The van der Waals surface area contributed by atoms with E-state index in [1.54, 1.807) is 29.2 Å². The van der Waals surface area contributed by atoms with Gasteiger partial charge in [-0.2, -0.15) is 13.2 Å². The minimum absolute atomic E-state index is 0.0343. The highest BCUT2D eigenvalue weighted by Crippen LogP contribution is 2.42. The van der Waals surface area contributed by atoms with Crippen LogP contribution in [0.2, 0.25) is 0 Å². The highest BCUT2D eigenvalue weighted by molar-refractivity contribution is 8.00. The summed E-state index contributed by atoms with van der Waals surface area (Å²) in [6, 6.07) is 8.82. The molecule has 1 saturated heterocycles. The molecule has 1 aliphatic rings. The first-order valence-corrected chi connectivity index (χ1v) is 14.0. The van der Waals surface area contributed by atoms with Gasteiger partial charge in [-0.25, -0.2) is 15.0 Å². The van der Waals surface area contributed by atoms with E-state index in [0.29, 0.717) is 29.3 Å². The summed E-state index contributed by atoms with van der Waals surface area (Å²) in [7, 11) is 0. The second-order valence-electron chi connectivity index (χ2n) is 10.5. The van der Waals surface area contributed by atoms with Gasteiger partial charge in [0.15, 0.2) is 5.65 Å². The Morgan fingerprint density at radius 2 is 1.87 bits per heavy atom. The molecule has 11 heteroatoms.